The highest BCUT2D eigenvalue weighted by Gasteiger charge is 2.15. The van der Waals surface area contributed by atoms with Crippen LogP contribution in [0.5, 0.6) is 0 Å². The van der Waals surface area contributed by atoms with E-state index in [1.807, 2.05) is 0 Å². The van der Waals surface area contributed by atoms with Crippen LogP contribution in [-0.2, 0) is 13.0 Å². The van der Waals surface area contributed by atoms with Gasteiger partial charge in [0.2, 0.25) is 0 Å². The van der Waals surface area contributed by atoms with Gasteiger partial charge in [-0.25, -0.2) is 0 Å². The van der Waals surface area contributed by atoms with Crippen LogP contribution in [0.25, 0.3) is 0 Å². The van der Waals surface area contributed by atoms with Crippen LogP contribution in [0.2, 0.25) is 19.6 Å². The Labute approximate surface area is 121 Å². The molecule has 2 rings (SSSR count). The van der Waals surface area contributed by atoms with Crippen molar-refractivity contribution in [2.75, 3.05) is 6.54 Å². The average molecular weight is 290 g/mol. The molecule has 3 heteroatoms. The van der Waals surface area contributed by atoms with Crippen molar-refractivity contribution in [3.8, 4) is 0 Å². The van der Waals surface area contributed by atoms with Crippen LogP contribution < -0.4 is 10.5 Å². The van der Waals surface area contributed by atoms with Gasteiger partial charge in [-0.15, -0.1) is 0 Å². The fourth-order valence-corrected chi connectivity index (χ4v) is 3.89. The molecule has 1 aromatic heterocycles. The normalized spacial score (nSPS) is 11.7. The fraction of sp³-hybridized carbons (Fsp3) is 0.375. The molecule has 0 fully saturated rings. The van der Waals surface area contributed by atoms with E-state index in [4.69, 9.17) is 0 Å². The Kier molecular flexibility index (Phi) is 4.97. The summed E-state index contributed by atoms with van der Waals surface area (Å²) in [5.41, 5.74) is 2.82. The summed E-state index contributed by atoms with van der Waals surface area (Å²) >= 11 is 1.77. The van der Waals surface area contributed by atoms with E-state index >= 15 is 0 Å². The SMILES string of the molecule is C[Si](C)(C)c1ccc(CNCCc2ccsc2)cc1. The van der Waals surface area contributed by atoms with Crippen molar-refractivity contribution in [2.24, 2.45) is 0 Å². The monoisotopic (exact) mass is 289 g/mol. The van der Waals surface area contributed by atoms with Gasteiger partial charge in [0, 0.05) is 6.54 Å². The van der Waals surface area contributed by atoms with E-state index in [9.17, 15) is 0 Å². The molecule has 2 aromatic rings. The molecule has 1 nitrogen and oxygen atoms in total. The van der Waals surface area contributed by atoms with Gasteiger partial charge < -0.3 is 5.32 Å². The first-order chi connectivity index (χ1) is 9.05. The van der Waals surface area contributed by atoms with E-state index in [1.54, 1.807) is 11.3 Å². The minimum absolute atomic E-state index is 0.968. The van der Waals surface area contributed by atoms with Crippen molar-refractivity contribution >= 4 is 24.6 Å². The third-order valence-electron chi connectivity index (χ3n) is 3.32. The molecule has 0 aliphatic rings. The lowest BCUT2D eigenvalue weighted by Gasteiger charge is -2.16. The second kappa shape index (κ2) is 6.50. The molecule has 0 saturated carbocycles. The van der Waals surface area contributed by atoms with Crippen molar-refractivity contribution < 1.29 is 0 Å². The standard InChI is InChI=1S/C16H23NSSi/c1-19(2,3)16-6-4-14(5-7-16)12-17-10-8-15-9-11-18-13-15/h4-7,9,11,13,17H,8,10,12H2,1-3H3. The van der Waals surface area contributed by atoms with E-state index in [0.29, 0.717) is 0 Å². The molecule has 0 aliphatic carbocycles. The minimum atomic E-state index is -1.15. The number of hydrogen-bond acceptors (Lipinski definition) is 2. The van der Waals surface area contributed by atoms with Crippen molar-refractivity contribution in [1.82, 2.24) is 5.32 Å². The van der Waals surface area contributed by atoms with Gasteiger partial charge in [-0.3, -0.25) is 0 Å². The summed E-state index contributed by atoms with van der Waals surface area (Å²) in [7, 11) is -1.15. The first-order valence-electron chi connectivity index (χ1n) is 6.87. The highest BCUT2D eigenvalue weighted by Crippen LogP contribution is 2.06. The van der Waals surface area contributed by atoms with Crippen LogP contribution in [0.4, 0.5) is 0 Å². The number of thiophene rings is 1. The van der Waals surface area contributed by atoms with Gasteiger partial charge in [-0.2, -0.15) is 11.3 Å². The molecule has 1 N–H and O–H groups in total. The van der Waals surface area contributed by atoms with Gasteiger partial charge in [-0.1, -0.05) is 49.1 Å². The maximum Gasteiger partial charge on any atom is 0.0775 e. The van der Waals surface area contributed by atoms with Crippen molar-refractivity contribution in [2.45, 2.75) is 32.6 Å². The average Bonchev–Trinajstić information content (AvgIpc) is 2.87. The van der Waals surface area contributed by atoms with Crippen LogP contribution in [0.15, 0.2) is 41.1 Å². The van der Waals surface area contributed by atoms with Gasteiger partial charge in [0.05, 0.1) is 8.07 Å². The lowest BCUT2D eigenvalue weighted by molar-refractivity contribution is 0.688. The predicted molar refractivity (Wildman–Crippen MR) is 89.2 cm³/mol. The first kappa shape index (κ1) is 14.5. The molecule has 0 aliphatic heterocycles. The van der Waals surface area contributed by atoms with E-state index in [1.165, 1.54) is 16.3 Å². The topological polar surface area (TPSA) is 12.0 Å². The molecule has 0 bridgehead atoms. The molecular formula is C16H23NSSi. The largest absolute Gasteiger partial charge is 0.312 e. The van der Waals surface area contributed by atoms with Crippen molar-refractivity contribution in [3.63, 3.8) is 0 Å². The van der Waals surface area contributed by atoms with E-state index in [-0.39, 0.29) is 0 Å². The van der Waals surface area contributed by atoms with Crippen molar-refractivity contribution in [3.05, 3.63) is 52.2 Å². The summed E-state index contributed by atoms with van der Waals surface area (Å²) in [5, 5.41) is 9.42. The van der Waals surface area contributed by atoms with Gasteiger partial charge in [-0.05, 0) is 40.9 Å². The molecule has 1 heterocycles. The van der Waals surface area contributed by atoms with Crippen LogP contribution >= 0.6 is 11.3 Å². The third kappa shape index (κ3) is 4.60. The summed E-state index contributed by atoms with van der Waals surface area (Å²) in [4.78, 5) is 0. The number of benzene rings is 1. The Morgan fingerprint density at radius 3 is 2.32 bits per heavy atom. The molecule has 102 valence electrons. The molecule has 19 heavy (non-hydrogen) atoms. The summed E-state index contributed by atoms with van der Waals surface area (Å²) in [6, 6.07) is 11.4. The van der Waals surface area contributed by atoms with Crippen molar-refractivity contribution in [1.29, 1.82) is 0 Å². The molecule has 0 amide bonds. The van der Waals surface area contributed by atoms with E-state index in [2.05, 4.69) is 66.0 Å². The molecule has 0 spiro atoms. The Morgan fingerprint density at radius 2 is 1.74 bits per heavy atom. The second-order valence-electron chi connectivity index (χ2n) is 6.01. The predicted octanol–water partition coefficient (Wildman–Crippen LogP) is 3.63. The number of hydrogen-bond donors (Lipinski definition) is 1. The van der Waals surface area contributed by atoms with Gasteiger partial charge >= 0.3 is 0 Å². The molecule has 0 unspecified atom stereocenters. The summed E-state index contributed by atoms with van der Waals surface area (Å²) in [6.07, 6.45) is 1.12. The zero-order chi connectivity index (χ0) is 13.7. The van der Waals surface area contributed by atoms with Crippen LogP contribution in [0.1, 0.15) is 11.1 Å². The highest BCUT2D eigenvalue weighted by atomic mass is 32.1. The zero-order valence-corrected chi connectivity index (χ0v) is 13.9. The zero-order valence-electron chi connectivity index (χ0n) is 12.1. The lowest BCUT2D eigenvalue weighted by Crippen LogP contribution is -2.37. The number of rotatable bonds is 6. The Morgan fingerprint density at radius 1 is 1.00 bits per heavy atom. The summed E-state index contributed by atoms with van der Waals surface area (Å²) in [6.45, 7) is 9.19. The Hall–Kier alpha value is -0.903. The quantitative estimate of drug-likeness (QED) is 0.632. The molecule has 0 atom stereocenters. The second-order valence-corrected chi connectivity index (χ2v) is 11.9. The summed E-state index contributed by atoms with van der Waals surface area (Å²) < 4.78 is 0. The molecule has 0 radical (unpaired) electrons. The van der Waals surface area contributed by atoms with Gasteiger partial charge in [0.15, 0.2) is 0 Å². The first-order valence-corrected chi connectivity index (χ1v) is 11.3. The molecular weight excluding hydrogens is 266 g/mol. The third-order valence-corrected chi connectivity index (χ3v) is 6.12. The Balaban J connectivity index is 1.77. The Bertz CT molecular complexity index is 482. The number of nitrogens with one attached hydrogen (secondary N) is 1. The van der Waals surface area contributed by atoms with E-state index in [0.717, 1.165) is 19.5 Å². The van der Waals surface area contributed by atoms with Gasteiger partial charge in [0.25, 0.3) is 0 Å². The van der Waals surface area contributed by atoms with Crippen LogP contribution in [0.3, 0.4) is 0 Å². The lowest BCUT2D eigenvalue weighted by atomic mass is 10.2. The summed E-state index contributed by atoms with van der Waals surface area (Å²) in [5.74, 6) is 0. The van der Waals surface area contributed by atoms with Gasteiger partial charge in [0.1, 0.15) is 0 Å². The van der Waals surface area contributed by atoms with Crippen LogP contribution in [-0.4, -0.2) is 14.6 Å². The maximum absolute atomic E-state index is 3.51. The maximum atomic E-state index is 3.51. The smallest absolute Gasteiger partial charge is 0.0775 e. The molecule has 1 aromatic carbocycles. The highest BCUT2D eigenvalue weighted by molar-refractivity contribution is 7.07. The van der Waals surface area contributed by atoms with Crippen LogP contribution in [0, 0.1) is 0 Å². The van der Waals surface area contributed by atoms with E-state index < -0.39 is 8.07 Å². The fourth-order valence-electron chi connectivity index (χ4n) is 2.02. The molecule has 0 saturated heterocycles. The minimum Gasteiger partial charge on any atom is -0.312 e.